The molecular formula is C25H28O10S. The van der Waals surface area contributed by atoms with Gasteiger partial charge in [-0.25, -0.2) is 4.79 Å². The zero-order valence-electron chi connectivity index (χ0n) is 20.4. The van der Waals surface area contributed by atoms with Gasteiger partial charge in [-0.1, -0.05) is 17.7 Å². The molecule has 1 aliphatic heterocycles. The van der Waals surface area contributed by atoms with Gasteiger partial charge in [0, 0.05) is 12.7 Å². The molecule has 1 aliphatic rings. The fourth-order valence-corrected chi connectivity index (χ4v) is 5.15. The number of rotatable bonds is 6. The van der Waals surface area contributed by atoms with E-state index in [0.29, 0.717) is 5.56 Å². The number of aliphatic hydroxyl groups excluding tert-OH is 2. The predicted octanol–water partition coefficient (Wildman–Crippen LogP) is 2.43. The molecule has 10 nitrogen and oxygen atoms in total. The molecule has 2 aromatic carbocycles. The Morgan fingerprint density at radius 1 is 0.972 bits per heavy atom. The number of hydrogen-bond acceptors (Lipinski definition) is 10. The molecule has 0 unspecified atom stereocenters. The van der Waals surface area contributed by atoms with Crippen molar-refractivity contribution in [1.29, 1.82) is 0 Å². The molecule has 3 aromatic rings. The van der Waals surface area contributed by atoms with Gasteiger partial charge in [-0.05, 0) is 52.0 Å². The van der Waals surface area contributed by atoms with Gasteiger partial charge in [0.1, 0.15) is 34.5 Å². The molecule has 4 atom stereocenters. The summed E-state index contributed by atoms with van der Waals surface area (Å²) in [6.45, 7) is 6.80. The second-order valence-corrected chi connectivity index (χ2v) is 10.7. The summed E-state index contributed by atoms with van der Waals surface area (Å²) in [7, 11) is -2.82. The average Bonchev–Trinajstić information content (AvgIpc) is 2.79. The number of aliphatic hydroxyl groups is 2. The average molecular weight is 521 g/mol. The number of fused-ring (bicyclic) bond motifs is 1. The third-order valence-corrected chi connectivity index (χ3v) is 7.37. The summed E-state index contributed by atoms with van der Waals surface area (Å²) in [6, 6.07) is 10.0. The van der Waals surface area contributed by atoms with Crippen molar-refractivity contribution in [3.8, 4) is 11.5 Å². The molecule has 2 N–H and O–H groups in total. The van der Waals surface area contributed by atoms with E-state index in [-0.39, 0.29) is 27.4 Å². The van der Waals surface area contributed by atoms with Crippen LogP contribution in [0.2, 0.25) is 0 Å². The van der Waals surface area contributed by atoms with Crippen LogP contribution in [0, 0.1) is 13.8 Å². The molecule has 1 fully saturated rings. The van der Waals surface area contributed by atoms with Crippen molar-refractivity contribution in [2.24, 2.45) is 0 Å². The number of ether oxygens (including phenoxy) is 3. The first-order valence-electron chi connectivity index (χ1n) is 11.2. The van der Waals surface area contributed by atoms with Crippen molar-refractivity contribution in [2.75, 3.05) is 7.11 Å². The lowest BCUT2D eigenvalue weighted by Gasteiger charge is -2.46. The van der Waals surface area contributed by atoms with Gasteiger partial charge in [0.2, 0.25) is 6.29 Å². The lowest BCUT2D eigenvalue weighted by atomic mass is 9.89. The summed E-state index contributed by atoms with van der Waals surface area (Å²) >= 11 is 0. The number of methoxy groups -OCH3 is 1. The van der Waals surface area contributed by atoms with Crippen LogP contribution in [0.5, 0.6) is 11.5 Å². The molecule has 0 bridgehead atoms. The SMILES string of the molecule is CO[C@@H]1[C@@H](O)[C@@H](O)[C@H](Oc2ccc3c(OS(=O)(=O)c4ccc(C)cc4)cc(=O)oc3c2C)OC1(C)C. The molecule has 1 saturated heterocycles. The van der Waals surface area contributed by atoms with Gasteiger partial charge in [-0.15, -0.1) is 0 Å². The minimum atomic E-state index is -4.22. The Hall–Kier alpha value is -2.96. The fourth-order valence-electron chi connectivity index (χ4n) is 4.21. The van der Waals surface area contributed by atoms with Crippen LogP contribution < -0.4 is 14.5 Å². The van der Waals surface area contributed by atoms with Gasteiger partial charge in [-0.3, -0.25) is 0 Å². The highest BCUT2D eigenvalue weighted by atomic mass is 32.2. The second kappa shape index (κ2) is 9.49. The lowest BCUT2D eigenvalue weighted by Crippen LogP contribution is -2.63. The van der Waals surface area contributed by atoms with Crippen LogP contribution in [-0.4, -0.2) is 55.9 Å². The van der Waals surface area contributed by atoms with Crippen molar-refractivity contribution in [3.05, 3.63) is 64.0 Å². The van der Waals surface area contributed by atoms with E-state index in [1.54, 1.807) is 32.9 Å². The van der Waals surface area contributed by atoms with Crippen LogP contribution in [0.15, 0.2) is 56.6 Å². The zero-order valence-corrected chi connectivity index (χ0v) is 21.2. The number of hydrogen-bond donors (Lipinski definition) is 2. The maximum Gasteiger partial charge on any atom is 0.340 e. The Balaban J connectivity index is 1.69. The summed E-state index contributed by atoms with van der Waals surface area (Å²) in [6.07, 6.45) is -4.77. The Morgan fingerprint density at radius 2 is 1.64 bits per heavy atom. The molecule has 194 valence electrons. The van der Waals surface area contributed by atoms with Gasteiger partial charge in [0.25, 0.3) is 0 Å². The standard InChI is InChI=1S/C25H28O10S/c1-13-6-8-15(9-7-13)36(29,30)35-18-12-19(26)33-22-14(2)17(11-10-16(18)22)32-24-21(28)20(27)23(31-5)25(3,4)34-24/h6-12,20-21,23-24,27-28H,1-5H3/t20-,21+,23+,24+/m0/s1. The molecular weight excluding hydrogens is 492 g/mol. The number of benzene rings is 2. The minimum Gasteiger partial charge on any atom is -0.462 e. The Morgan fingerprint density at radius 3 is 2.28 bits per heavy atom. The minimum absolute atomic E-state index is 0.0361. The van der Waals surface area contributed by atoms with E-state index < -0.39 is 45.9 Å². The summed E-state index contributed by atoms with van der Waals surface area (Å²) in [4.78, 5) is 12.2. The van der Waals surface area contributed by atoms with E-state index in [9.17, 15) is 23.4 Å². The monoisotopic (exact) mass is 520 g/mol. The van der Waals surface area contributed by atoms with Crippen molar-refractivity contribution >= 4 is 21.1 Å². The van der Waals surface area contributed by atoms with Crippen LogP contribution in [0.1, 0.15) is 25.0 Å². The maximum atomic E-state index is 12.8. The van der Waals surface area contributed by atoms with Gasteiger partial charge in [0.05, 0.1) is 17.1 Å². The van der Waals surface area contributed by atoms with Crippen LogP contribution >= 0.6 is 0 Å². The summed E-state index contributed by atoms with van der Waals surface area (Å²) in [5, 5.41) is 21.2. The van der Waals surface area contributed by atoms with E-state index in [0.717, 1.165) is 11.6 Å². The molecule has 0 saturated carbocycles. The van der Waals surface area contributed by atoms with Crippen molar-refractivity contribution in [3.63, 3.8) is 0 Å². The topological polar surface area (TPSA) is 142 Å². The summed E-state index contributed by atoms with van der Waals surface area (Å²) in [5.41, 5.74) is -0.566. The van der Waals surface area contributed by atoms with E-state index in [1.807, 2.05) is 6.92 Å². The molecule has 4 rings (SSSR count). The lowest BCUT2D eigenvalue weighted by molar-refractivity contribution is -0.306. The van der Waals surface area contributed by atoms with E-state index in [4.69, 9.17) is 22.8 Å². The fraction of sp³-hybridized carbons (Fsp3) is 0.400. The summed E-state index contributed by atoms with van der Waals surface area (Å²) < 4.78 is 53.2. The molecule has 36 heavy (non-hydrogen) atoms. The molecule has 2 heterocycles. The largest absolute Gasteiger partial charge is 0.462 e. The van der Waals surface area contributed by atoms with Gasteiger partial charge < -0.3 is 33.0 Å². The smallest absolute Gasteiger partial charge is 0.340 e. The Labute approximate surface area is 208 Å². The first kappa shape index (κ1) is 26.1. The summed E-state index contributed by atoms with van der Waals surface area (Å²) in [5.74, 6) is -0.0166. The van der Waals surface area contributed by atoms with Crippen LogP contribution in [0.4, 0.5) is 0 Å². The first-order valence-corrected chi connectivity index (χ1v) is 12.6. The normalized spacial score (nSPS) is 24.0. The maximum absolute atomic E-state index is 12.8. The van der Waals surface area contributed by atoms with Gasteiger partial charge >= 0.3 is 15.7 Å². The molecule has 0 aliphatic carbocycles. The van der Waals surface area contributed by atoms with E-state index >= 15 is 0 Å². The molecule has 11 heteroatoms. The zero-order chi connectivity index (χ0) is 26.4. The van der Waals surface area contributed by atoms with Crippen molar-refractivity contribution in [2.45, 2.75) is 62.8 Å². The molecule has 0 radical (unpaired) electrons. The van der Waals surface area contributed by atoms with Crippen LogP contribution in [-0.2, 0) is 19.6 Å². The van der Waals surface area contributed by atoms with E-state index in [2.05, 4.69) is 0 Å². The molecule has 0 amide bonds. The highest BCUT2D eigenvalue weighted by Crippen LogP contribution is 2.36. The Kier molecular flexibility index (Phi) is 6.88. The molecule has 1 aromatic heterocycles. The van der Waals surface area contributed by atoms with Gasteiger partial charge in [-0.2, -0.15) is 8.42 Å². The highest BCUT2D eigenvalue weighted by molar-refractivity contribution is 7.87. The third-order valence-electron chi connectivity index (χ3n) is 6.12. The predicted molar refractivity (Wildman–Crippen MR) is 129 cm³/mol. The van der Waals surface area contributed by atoms with Crippen LogP contribution in [0.3, 0.4) is 0 Å². The number of aryl methyl sites for hydroxylation is 2. The third kappa shape index (κ3) is 4.84. The van der Waals surface area contributed by atoms with Crippen molar-refractivity contribution < 1.29 is 41.4 Å². The molecule has 0 spiro atoms. The highest BCUT2D eigenvalue weighted by Gasteiger charge is 2.50. The quantitative estimate of drug-likeness (QED) is 0.368. The first-order chi connectivity index (χ1) is 16.8. The van der Waals surface area contributed by atoms with E-state index in [1.165, 1.54) is 31.4 Å². The Bertz CT molecular complexity index is 1430. The van der Waals surface area contributed by atoms with Crippen molar-refractivity contribution in [1.82, 2.24) is 0 Å². The second-order valence-electron chi connectivity index (χ2n) is 9.19. The van der Waals surface area contributed by atoms with Gasteiger partial charge in [0.15, 0.2) is 5.75 Å². The van der Waals surface area contributed by atoms with Crippen LogP contribution in [0.25, 0.3) is 11.0 Å².